The quantitative estimate of drug-likeness (QED) is 0.846. The smallest absolute Gasteiger partial charge is 0.185 e. The zero-order valence-electron chi connectivity index (χ0n) is 14.3. The Kier molecular flexibility index (Phi) is 4.72. The van der Waals surface area contributed by atoms with Crippen LogP contribution in [0.3, 0.4) is 0 Å². The van der Waals surface area contributed by atoms with Crippen LogP contribution in [0.1, 0.15) is 35.4 Å². The van der Waals surface area contributed by atoms with Gasteiger partial charge in [0.25, 0.3) is 0 Å². The van der Waals surface area contributed by atoms with E-state index in [1.165, 1.54) is 53.6 Å². The van der Waals surface area contributed by atoms with Gasteiger partial charge in [-0.25, -0.2) is 4.98 Å². The maximum atomic E-state index is 5.50. The number of benzene rings is 1. The fraction of sp³-hybridized carbons (Fsp3) is 0.526. The predicted octanol–water partition coefficient (Wildman–Crippen LogP) is 3.70. The van der Waals surface area contributed by atoms with Gasteiger partial charge in [0, 0.05) is 49.6 Å². The highest BCUT2D eigenvalue weighted by atomic mass is 32.1. The summed E-state index contributed by atoms with van der Waals surface area (Å²) in [6.07, 6.45) is 5.05. The van der Waals surface area contributed by atoms with Gasteiger partial charge in [-0.05, 0) is 25.3 Å². The molecule has 0 bridgehead atoms. The molecular weight excluding hydrogens is 318 g/mol. The lowest BCUT2D eigenvalue weighted by molar-refractivity contribution is 0.243. The second-order valence-corrected chi connectivity index (χ2v) is 7.75. The Labute approximate surface area is 148 Å². The Morgan fingerprint density at radius 1 is 1.12 bits per heavy atom. The van der Waals surface area contributed by atoms with E-state index in [4.69, 9.17) is 9.72 Å². The molecule has 128 valence electrons. The number of methoxy groups -OCH3 is 1. The van der Waals surface area contributed by atoms with Crippen LogP contribution in [0.2, 0.25) is 0 Å². The molecule has 1 saturated heterocycles. The zero-order valence-corrected chi connectivity index (χ0v) is 15.1. The highest BCUT2D eigenvalue weighted by Gasteiger charge is 2.24. The number of para-hydroxylation sites is 1. The van der Waals surface area contributed by atoms with Gasteiger partial charge in [0.15, 0.2) is 5.13 Å². The summed E-state index contributed by atoms with van der Waals surface area (Å²) in [7, 11) is 1.75. The van der Waals surface area contributed by atoms with Gasteiger partial charge in [-0.15, -0.1) is 11.3 Å². The second kappa shape index (κ2) is 7.11. The minimum absolute atomic E-state index is 0.945. The van der Waals surface area contributed by atoms with Gasteiger partial charge in [0.2, 0.25) is 0 Å². The summed E-state index contributed by atoms with van der Waals surface area (Å²) in [5.41, 5.74) is 2.60. The maximum absolute atomic E-state index is 5.50. The van der Waals surface area contributed by atoms with Crippen molar-refractivity contribution in [2.45, 2.75) is 38.8 Å². The van der Waals surface area contributed by atoms with Crippen LogP contribution in [-0.4, -0.2) is 36.6 Å². The van der Waals surface area contributed by atoms with E-state index >= 15 is 0 Å². The van der Waals surface area contributed by atoms with E-state index in [-0.39, 0.29) is 0 Å². The summed E-state index contributed by atoms with van der Waals surface area (Å²) in [4.78, 5) is 11.4. The van der Waals surface area contributed by atoms with E-state index in [1.54, 1.807) is 7.11 Å². The van der Waals surface area contributed by atoms with Crippen molar-refractivity contribution in [1.29, 1.82) is 0 Å². The molecule has 2 aliphatic rings. The third-order valence-corrected chi connectivity index (χ3v) is 6.16. The summed E-state index contributed by atoms with van der Waals surface area (Å²) >= 11 is 1.91. The number of fused-ring (bicyclic) bond motifs is 1. The molecule has 0 saturated carbocycles. The van der Waals surface area contributed by atoms with Crippen molar-refractivity contribution < 1.29 is 4.74 Å². The minimum Gasteiger partial charge on any atom is -0.496 e. The third kappa shape index (κ3) is 3.28. The van der Waals surface area contributed by atoms with Crippen LogP contribution in [0.4, 0.5) is 5.13 Å². The van der Waals surface area contributed by atoms with E-state index in [2.05, 4.69) is 21.9 Å². The van der Waals surface area contributed by atoms with Gasteiger partial charge in [-0.3, -0.25) is 4.90 Å². The molecule has 1 aromatic heterocycles. The lowest BCUT2D eigenvalue weighted by atomic mass is 10.1. The lowest BCUT2D eigenvalue weighted by Crippen LogP contribution is -2.30. The zero-order chi connectivity index (χ0) is 16.4. The Bertz CT molecular complexity index is 694. The standard InChI is InChI=1S/C19H25N3OS/c1-23-17-8-4-3-7-15(17)13-21-12-9-16-18(14-21)24-19(20-16)22-10-5-2-6-11-22/h3-4,7-8H,2,5-6,9-14H2,1H3. The van der Waals surface area contributed by atoms with Crippen LogP contribution in [0.15, 0.2) is 24.3 Å². The van der Waals surface area contributed by atoms with Crippen molar-refractivity contribution in [3.8, 4) is 5.75 Å². The molecule has 3 heterocycles. The molecule has 5 heteroatoms. The number of hydrogen-bond acceptors (Lipinski definition) is 5. The number of aromatic nitrogens is 1. The largest absolute Gasteiger partial charge is 0.496 e. The molecule has 0 spiro atoms. The first kappa shape index (κ1) is 15.9. The predicted molar refractivity (Wildman–Crippen MR) is 99.0 cm³/mol. The highest BCUT2D eigenvalue weighted by Crippen LogP contribution is 2.33. The molecule has 2 aliphatic heterocycles. The van der Waals surface area contributed by atoms with Gasteiger partial charge < -0.3 is 9.64 Å². The van der Waals surface area contributed by atoms with Crippen LogP contribution < -0.4 is 9.64 Å². The maximum Gasteiger partial charge on any atom is 0.185 e. The fourth-order valence-electron chi connectivity index (χ4n) is 3.66. The number of thiazole rings is 1. The summed E-state index contributed by atoms with van der Waals surface area (Å²) in [6.45, 7) is 5.39. The number of piperidine rings is 1. The van der Waals surface area contributed by atoms with E-state index in [0.717, 1.165) is 31.8 Å². The summed E-state index contributed by atoms with van der Waals surface area (Å²) in [5.74, 6) is 0.988. The fourth-order valence-corrected chi connectivity index (χ4v) is 4.87. The van der Waals surface area contributed by atoms with Crippen molar-refractivity contribution in [2.24, 2.45) is 0 Å². The monoisotopic (exact) mass is 343 g/mol. The molecule has 0 radical (unpaired) electrons. The highest BCUT2D eigenvalue weighted by molar-refractivity contribution is 7.15. The molecule has 4 rings (SSSR count). The molecule has 0 aliphatic carbocycles. The van der Waals surface area contributed by atoms with Crippen molar-refractivity contribution in [3.05, 3.63) is 40.4 Å². The Morgan fingerprint density at radius 2 is 1.96 bits per heavy atom. The number of rotatable bonds is 4. The number of hydrogen-bond donors (Lipinski definition) is 0. The van der Waals surface area contributed by atoms with Crippen molar-refractivity contribution in [1.82, 2.24) is 9.88 Å². The van der Waals surface area contributed by atoms with Crippen LogP contribution in [-0.2, 0) is 19.5 Å². The average molecular weight is 343 g/mol. The molecule has 0 atom stereocenters. The van der Waals surface area contributed by atoms with Gasteiger partial charge in [0.1, 0.15) is 5.75 Å². The molecule has 1 aromatic carbocycles. The molecule has 0 unspecified atom stereocenters. The molecule has 0 amide bonds. The Morgan fingerprint density at radius 3 is 2.79 bits per heavy atom. The Hall–Kier alpha value is -1.59. The molecule has 24 heavy (non-hydrogen) atoms. The number of nitrogens with zero attached hydrogens (tertiary/aromatic N) is 3. The van der Waals surface area contributed by atoms with E-state index < -0.39 is 0 Å². The van der Waals surface area contributed by atoms with E-state index in [1.807, 2.05) is 23.5 Å². The molecule has 2 aromatic rings. The molecular formula is C19H25N3OS. The SMILES string of the molecule is COc1ccccc1CN1CCc2nc(N3CCCCC3)sc2C1. The first-order valence-electron chi connectivity index (χ1n) is 8.91. The first-order valence-corrected chi connectivity index (χ1v) is 9.73. The van der Waals surface area contributed by atoms with Crippen LogP contribution >= 0.6 is 11.3 Å². The minimum atomic E-state index is 0.945. The van der Waals surface area contributed by atoms with Gasteiger partial charge in [-0.1, -0.05) is 18.2 Å². The average Bonchev–Trinajstić information content (AvgIpc) is 3.06. The van der Waals surface area contributed by atoms with E-state index in [9.17, 15) is 0 Å². The van der Waals surface area contributed by atoms with Gasteiger partial charge in [-0.2, -0.15) is 0 Å². The molecule has 1 fully saturated rings. The van der Waals surface area contributed by atoms with Crippen LogP contribution in [0, 0.1) is 0 Å². The number of anilines is 1. The second-order valence-electron chi connectivity index (χ2n) is 6.69. The van der Waals surface area contributed by atoms with Crippen LogP contribution in [0.25, 0.3) is 0 Å². The van der Waals surface area contributed by atoms with E-state index in [0.29, 0.717) is 0 Å². The Balaban J connectivity index is 1.46. The van der Waals surface area contributed by atoms with Crippen molar-refractivity contribution >= 4 is 16.5 Å². The third-order valence-electron chi connectivity index (χ3n) is 5.01. The van der Waals surface area contributed by atoms with Crippen molar-refractivity contribution in [3.63, 3.8) is 0 Å². The normalized spacial score (nSPS) is 18.5. The summed E-state index contributed by atoms with van der Waals surface area (Å²) < 4.78 is 5.50. The van der Waals surface area contributed by atoms with Gasteiger partial charge >= 0.3 is 0 Å². The van der Waals surface area contributed by atoms with Crippen molar-refractivity contribution in [2.75, 3.05) is 31.6 Å². The molecule has 0 N–H and O–H groups in total. The number of ether oxygens (including phenoxy) is 1. The summed E-state index contributed by atoms with van der Waals surface area (Å²) in [6, 6.07) is 8.34. The topological polar surface area (TPSA) is 28.6 Å². The van der Waals surface area contributed by atoms with Crippen LogP contribution in [0.5, 0.6) is 5.75 Å². The van der Waals surface area contributed by atoms with Gasteiger partial charge in [0.05, 0.1) is 12.8 Å². The lowest BCUT2D eigenvalue weighted by Gasteiger charge is -2.26. The first-order chi connectivity index (χ1) is 11.8. The molecule has 4 nitrogen and oxygen atoms in total. The summed E-state index contributed by atoms with van der Waals surface area (Å²) in [5, 5.41) is 1.25.